The molecule has 0 fully saturated rings. The molecule has 0 radical (unpaired) electrons. The number of anilines is 1. The van der Waals surface area contributed by atoms with Crippen LogP contribution in [-0.2, 0) is 14.8 Å². The second kappa shape index (κ2) is 10.6. The smallest absolute Gasteiger partial charge is 0.264 e. The number of para-hydroxylation sites is 1. The van der Waals surface area contributed by atoms with Crippen molar-refractivity contribution in [3.63, 3.8) is 0 Å². The fraction of sp³-hybridized carbons (Fsp3) is 0.208. The van der Waals surface area contributed by atoms with Crippen molar-refractivity contribution in [3.8, 4) is 11.5 Å². The van der Waals surface area contributed by atoms with Crippen molar-refractivity contribution in [1.82, 2.24) is 5.32 Å². The van der Waals surface area contributed by atoms with Crippen molar-refractivity contribution in [2.24, 2.45) is 0 Å². The molecule has 0 aliphatic rings. The zero-order valence-electron chi connectivity index (χ0n) is 18.5. The van der Waals surface area contributed by atoms with E-state index in [0.717, 1.165) is 9.87 Å². The molecule has 3 rings (SSSR count). The molecule has 0 aromatic heterocycles. The van der Waals surface area contributed by atoms with Crippen molar-refractivity contribution >= 4 is 33.2 Å². The highest BCUT2D eigenvalue weighted by Crippen LogP contribution is 2.30. The first kappa shape index (κ1) is 24.4. The van der Waals surface area contributed by atoms with E-state index in [9.17, 15) is 13.2 Å². The Hall–Kier alpha value is -3.23. The molecule has 3 aromatic rings. The Kier molecular flexibility index (Phi) is 7.84. The van der Waals surface area contributed by atoms with E-state index in [4.69, 9.17) is 21.1 Å². The van der Waals surface area contributed by atoms with Gasteiger partial charge in [0, 0.05) is 5.02 Å². The molecule has 0 bridgehead atoms. The highest BCUT2D eigenvalue weighted by atomic mass is 35.5. The van der Waals surface area contributed by atoms with Gasteiger partial charge in [-0.1, -0.05) is 35.9 Å². The molecule has 0 saturated carbocycles. The van der Waals surface area contributed by atoms with Gasteiger partial charge in [0.2, 0.25) is 5.91 Å². The number of rotatable bonds is 9. The molecule has 1 atom stereocenters. The lowest BCUT2D eigenvalue weighted by Crippen LogP contribution is -2.41. The molecule has 1 amide bonds. The van der Waals surface area contributed by atoms with Crippen LogP contribution in [0.4, 0.5) is 5.69 Å². The number of methoxy groups -OCH3 is 2. The predicted molar refractivity (Wildman–Crippen MR) is 129 cm³/mol. The Bertz CT molecular complexity index is 1200. The summed E-state index contributed by atoms with van der Waals surface area (Å²) in [6.07, 6.45) is 0. The molecule has 0 heterocycles. The van der Waals surface area contributed by atoms with Gasteiger partial charge in [0.05, 0.1) is 30.8 Å². The van der Waals surface area contributed by atoms with Gasteiger partial charge in [-0.15, -0.1) is 0 Å². The number of carbonyl (C=O) groups excluding carboxylic acids is 1. The molecule has 0 unspecified atom stereocenters. The summed E-state index contributed by atoms with van der Waals surface area (Å²) >= 11 is 5.91. The number of hydrogen-bond donors (Lipinski definition) is 1. The summed E-state index contributed by atoms with van der Waals surface area (Å²) in [5, 5.41) is 3.27. The molecule has 33 heavy (non-hydrogen) atoms. The number of amides is 1. The van der Waals surface area contributed by atoms with Crippen molar-refractivity contribution < 1.29 is 22.7 Å². The Morgan fingerprint density at radius 1 is 0.970 bits per heavy atom. The van der Waals surface area contributed by atoms with Crippen LogP contribution < -0.4 is 19.1 Å². The molecule has 9 heteroatoms. The Labute approximate surface area is 198 Å². The first-order valence-corrected chi connectivity index (χ1v) is 11.9. The van der Waals surface area contributed by atoms with E-state index in [1.165, 1.54) is 31.4 Å². The Morgan fingerprint density at radius 3 is 2.21 bits per heavy atom. The van der Waals surface area contributed by atoms with E-state index in [-0.39, 0.29) is 4.90 Å². The van der Waals surface area contributed by atoms with Crippen molar-refractivity contribution in [3.05, 3.63) is 83.4 Å². The van der Waals surface area contributed by atoms with Gasteiger partial charge in [-0.3, -0.25) is 9.10 Å². The SMILES string of the molecule is COc1ccc([C@H](C)NC(=O)CN(c2ccccc2)S(=O)(=O)c2ccc(Cl)cc2)cc1OC. The number of carbonyl (C=O) groups is 1. The number of sulfonamides is 1. The number of benzene rings is 3. The van der Waals surface area contributed by atoms with Gasteiger partial charge in [-0.25, -0.2) is 8.42 Å². The van der Waals surface area contributed by atoms with E-state index >= 15 is 0 Å². The largest absolute Gasteiger partial charge is 0.493 e. The average molecular weight is 489 g/mol. The zero-order chi connectivity index (χ0) is 24.0. The number of hydrogen-bond acceptors (Lipinski definition) is 5. The summed E-state index contributed by atoms with van der Waals surface area (Å²) in [6, 6.07) is 19.2. The molecule has 3 aromatic carbocycles. The number of ether oxygens (including phenoxy) is 2. The third-order valence-corrected chi connectivity index (χ3v) is 7.06. The summed E-state index contributed by atoms with van der Waals surface area (Å²) < 4.78 is 38.4. The minimum Gasteiger partial charge on any atom is -0.493 e. The van der Waals surface area contributed by atoms with Gasteiger partial charge >= 0.3 is 0 Å². The van der Waals surface area contributed by atoms with Crippen LogP contribution in [0.1, 0.15) is 18.5 Å². The molecule has 0 spiro atoms. The fourth-order valence-corrected chi connectivity index (χ4v) is 4.81. The highest BCUT2D eigenvalue weighted by molar-refractivity contribution is 7.92. The summed E-state index contributed by atoms with van der Waals surface area (Å²) in [7, 11) is -0.933. The van der Waals surface area contributed by atoms with E-state index in [1.54, 1.807) is 56.5 Å². The maximum atomic E-state index is 13.4. The summed E-state index contributed by atoms with van der Waals surface area (Å²) in [4.78, 5) is 13.0. The molecular weight excluding hydrogens is 464 g/mol. The third kappa shape index (κ3) is 5.77. The lowest BCUT2D eigenvalue weighted by molar-refractivity contribution is -0.120. The molecular formula is C24H25ClN2O5S. The fourth-order valence-electron chi connectivity index (χ4n) is 3.27. The van der Waals surface area contributed by atoms with E-state index in [0.29, 0.717) is 22.2 Å². The molecule has 0 aliphatic carbocycles. The predicted octanol–water partition coefficient (Wildman–Crippen LogP) is 4.43. The van der Waals surface area contributed by atoms with E-state index in [1.807, 2.05) is 6.07 Å². The van der Waals surface area contributed by atoms with Crippen LogP contribution in [0.25, 0.3) is 0 Å². The molecule has 0 saturated heterocycles. The number of nitrogens with one attached hydrogen (secondary N) is 1. The first-order valence-electron chi connectivity index (χ1n) is 10.1. The second-order valence-corrected chi connectivity index (χ2v) is 9.50. The van der Waals surface area contributed by atoms with Crippen LogP contribution in [0.2, 0.25) is 5.02 Å². The van der Waals surface area contributed by atoms with Gasteiger partial charge in [0.15, 0.2) is 11.5 Å². The molecule has 0 aliphatic heterocycles. The van der Waals surface area contributed by atoms with Crippen molar-refractivity contribution in [2.45, 2.75) is 17.9 Å². The average Bonchev–Trinajstić information content (AvgIpc) is 2.82. The van der Waals surface area contributed by atoms with Crippen molar-refractivity contribution in [2.75, 3.05) is 25.1 Å². The monoisotopic (exact) mass is 488 g/mol. The maximum absolute atomic E-state index is 13.4. The van der Waals surface area contributed by atoms with Crippen molar-refractivity contribution in [1.29, 1.82) is 0 Å². The van der Waals surface area contributed by atoms with Crippen LogP contribution in [0.15, 0.2) is 77.7 Å². The lowest BCUT2D eigenvalue weighted by atomic mass is 10.1. The first-order chi connectivity index (χ1) is 15.8. The maximum Gasteiger partial charge on any atom is 0.264 e. The third-order valence-electron chi connectivity index (χ3n) is 5.02. The molecule has 174 valence electrons. The van der Waals surface area contributed by atoms with Crippen LogP contribution in [0.5, 0.6) is 11.5 Å². The van der Waals surface area contributed by atoms with E-state index in [2.05, 4.69) is 5.32 Å². The summed E-state index contributed by atoms with van der Waals surface area (Å²) in [5.74, 6) is 0.648. The van der Waals surface area contributed by atoms with Gasteiger partial charge in [0.25, 0.3) is 10.0 Å². The summed E-state index contributed by atoms with van der Waals surface area (Å²) in [5.41, 5.74) is 1.16. The van der Waals surface area contributed by atoms with Gasteiger partial charge in [-0.2, -0.15) is 0 Å². The topological polar surface area (TPSA) is 84.9 Å². The quantitative estimate of drug-likeness (QED) is 0.481. The van der Waals surface area contributed by atoms with Gasteiger partial charge in [-0.05, 0) is 61.0 Å². The zero-order valence-corrected chi connectivity index (χ0v) is 20.1. The van der Waals surface area contributed by atoms with Crippen LogP contribution in [0.3, 0.4) is 0 Å². The van der Waals surface area contributed by atoms with Crippen LogP contribution in [0, 0.1) is 0 Å². The standard InChI is InChI=1S/C24H25ClN2O5S/c1-17(18-9-14-22(31-2)23(15-18)32-3)26-24(28)16-27(20-7-5-4-6-8-20)33(29,30)21-12-10-19(25)11-13-21/h4-15,17H,16H2,1-3H3,(H,26,28)/t17-/m0/s1. The molecule has 7 nitrogen and oxygen atoms in total. The van der Waals surface area contributed by atoms with Crippen LogP contribution in [-0.4, -0.2) is 35.1 Å². The van der Waals surface area contributed by atoms with Gasteiger partial charge in [0.1, 0.15) is 6.54 Å². The normalized spacial score (nSPS) is 12.0. The number of nitrogens with zero attached hydrogens (tertiary/aromatic N) is 1. The minimum atomic E-state index is -4.01. The molecule has 1 N–H and O–H groups in total. The van der Waals surface area contributed by atoms with Gasteiger partial charge < -0.3 is 14.8 Å². The van der Waals surface area contributed by atoms with E-state index < -0.39 is 28.5 Å². The Morgan fingerprint density at radius 2 is 1.61 bits per heavy atom. The van der Waals surface area contributed by atoms with Crippen LogP contribution >= 0.6 is 11.6 Å². The minimum absolute atomic E-state index is 0.0384. The summed E-state index contributed by atoms with van der Waals surface area (Å²) in [6.45, 7) is 1.41. The number of halogens is 1. The second-order valence-electron chi connectivity index (χ2n) is 7.20. The Balaban J connectivity index is 1.84. The highest BCUT2D eigenvalue weighted by Gasteiger charge is 2.27. The lowest BCUT2D eigenvalue weighted by Gasteiger charge is -2.25.